The molecule has 1 amide bonds. The molecule has 3 rings (SSSR count). The lowest BCUT2D eigenvalue weighted by atomic mass is 9.89. The van der Waals surface area contributed by atoms with Crippen molar-refractivity contribution in [2.24, 2.45) is 0 Å². The molecular formula is C21H32N4O. The molecule has 0 aliphatic heterocycles. The molecule has 5 nitrogen and oxygen atoms in total. The Kier molecular flexibility index (Phi) is 6.30. The van der Waals surface area contributed by atoms with E-state index in [1.165, 1.54) is 32.1 Å². The van der Waals surface area contributed by atoms with Crippen molar-refractivity contribution in [2.45, 2.75) is 64.8 Å². The first kappa shape index (κ1) is 18.9. The van der Waals surface area contributed by atoms with E-state index in [4.69, 9.17) is 4.98 Å². The predicted molar refractivity (Wildman–Crippen MR) is 106 cm³/mol. The zero-order valence-corrected chi connectivity index (χ0v) is 16.4. The third kappa shape index (κ3) is 3.93. The number of pyridine rings is 1. The zero-order valence-electron chi connectivity index (χ0n) is 16.4. The molecule has 1 aliphatic carbocycles. The lowest BCUT2D eigenvalue weighted by Gasteiger charge is -2.26. The number of amides is 1. The van der Waals surface area contributed by atoms with Gasteiger partial charge in [-0.3, -0.25) is 9.69 Å². The SMILES string of the molecule is CCN(CC)C(C)CNC(=O)c1nc(C2CCCCC2)n2ccccc12. The molecule has 1 atom stereocenters. The van der Waals surface area contributed by atoms with E-state index < -0.39 is 0 Å². The van der Waals surface area contributed by atoms with Gasteiger partial charge in [0.25, 0.3) is 5.91 Å². The average molecular weight is 357 g/mol. The summed E-state index contributed by atoms with van der Waals surface area (Å²) in [4.78, 5) is 20.0. The highest BCUT2D eigenvalue weighted by molar-refractivity contribution is 5.99. The largest absolute Gasteiger partial charge is 0.349 e. The minimum Gasteiger partial charge on any atom is -0.349 e. The van der Waals surface area contributed by atoms with Gasteiger partial charge in [0.1, 0.15) is 5.82 Å². The summed E-state index contributed by atoms with van der Waals surface area (Å²) in [6.45, 7) is 9.10. The quantitative estimate of drug-likeness (QED) is 0.820. The van der Waals surface area contributed by atoms with Gasteiger partial charge >= 0.3 is 0 Å². The molecule has 0 radical (unpaired) electrons. The molecule has 1 fully saturated rings. The van der Waals surface area contributed by atoms with Crippen LogP contribution < -0.4 is 5.32 Å². The summed E-state index contributed by atoms with van der Waals surface area (Å²) in [6.07, 6.45) is 8.23. The van der Waals surface area contributed by atoms with E-state index in [2.05, 4.69) is 35.4 Å². The van der Waals surface area contributed by atoms with E-state index in [1.54, 1.807) is 0 Å². The first-order valence-electron chi connectivity index (χ1n) is 10.1. The summed E-state index contributed by atoms with van der Waals surface area (Å²) < 4.78 is 2.12. The van der Waals surface area contributed by atoms with Crippen molar-refractivity contribution >= 4 is 11.4 Å². The van der Waals surface area contributed by atoms with Gasteiger partial charge in [0.05, 0.1) is 5.52 Å². The first-order valence-corrected chi connectivity index (χ1v) is 10.1. The van der Waals surface area contributed by atoms with Crippen LogP contribution in [0.5, 0.6) is 0 Å². The fraction of sp³-hybridized carbons (Fsp3) is 0.619. The number of rotatable bonds is 7. The minimum absolute atomic E-state index is 0.0604. The fourth-order valence-electron chi connectivity index (χ4n) is 4.18. The Bertz CT molecular complexity index is 729. The Balaban J connectivity index is 1.80. The van der Waals surface area contributed by atoms with Crippen LogP contribution in [0.1, 0.15) is 75.1 Å². The van der Waals surface area contributed by atoms with Gasteiger partial charge < -0.3 is 9.72 Å². The third-order valence-electron chi connectivity index (χ3n) is 5.75. The van der Waals surface area contributed by atoms with Crippen LogP contribution in [0, 0.1) is 0 Å². The number of hydrogen-bond acceptors (Lipinski definition) is 3. The first-order chi connectivity index (χ1) is 12.7. The Morgan fingerprint density at radius 1 is 1.27 bits per heavy atom. The van der Waals surface area contributed by atoms with E-state index in [-0.39, 0.29) is 5.91 Å². The summed E-state index contributed by atoms with van der Waals surface area (Å²) in [7, 11) is 0. The van der Waals surface area contributed by atoms with Crippen LogP contribution >= 0.6 is 0 Å². The van der Waals surface area contributed by atoms with E-state index >= 15 is 0 Å². The van der Waals surface area contributed by atoms with Gasteiger partial charge in [-0.1, -0.05) is 39.2 Å². The van der Waals surface area contributed by atoms with Crippen molar-refractivity contribution < 1.29 is 4.79 Å². The predicted octanol–water partition coefficient (Wildman–Crippen LogP) is 3.84. The normalized spacial score (nSPS) is 16.9. The van der Waals surface area contributed by atoms with Gasteiger partial charge in [0.15, 0.2) is 5.69 Å². The maximum Gasteiger partial charge on any atom is 0.272 e. The van der Waals surface area contributed by atoms with Crippen molar-refractivity contribution in [1.29, 1.82) is 0 Å². The van der Waals surface area contributed by atoms with Crippen molar-refractivity contribution in [2.75, 3.05) is 19.6 Å². The van der Waals surface area contributed by atoms with Crippen LogP contribution in [0.4, 0.5) is 0 Å². The zero-order chi connectivity index (χ0) is 18.5. The molecule has 0 spiro atoms. The van der Waals surface area contributed by atoms with Crippen molar-refractivity contribution in [3.8, 4) is 0 Å². The molecule has 2 aromatic rings. The number of carbonyl (C=O) groups is 1. The second-order valence-electron chi connectivity index (χ2n) is 7.39. The number of aromatic nitrogens is 2. The molecule has 26 heavy (non-hydrogen) atoms. The number of hydrogen-bond donors (Lipinski definition) is 1. The van der Waals surface area contributed by atoms with Crippen LogP contribution in [-0.4, -0.2) is 45.9 Å². The summed E-state index contributed by atoms with van der Waals surface area (Å²) >= 11 is 0. The van der Waals surface area contributed by atoms with Gasteiger partial charge in [0.2, 0.25) is 0 Å². The topological polar surface area (TPSA) is 49.6 Å². The molecule has 0 bridgehead atoms. The average Bonchev–Trinajstić information content (AvgIpc) is 3.07. The van der Waals surface area contributed by atoms with Gasteiger partial charge in [-0.05, 0) is 45.0 Å². The van der Waals surface area contributed by atoms with Crippen LogP contribution in [0.2, 0.25) is 0 Å². The summed E-state index contributed by atoms with van der Waals surface area (Å²) in [5.41, 5.74) is 1.49. The van der Waals surface area contributed by atoms with Crippen molar-refractivity contribution in [3.05, 3.63) is 35.9 Å². The van der Waals surface area contributed by atoms with Crippen molar-refractivity contribution in [3.63, 3.8) is 0 Å². The van der Waals surface area contributed by atoms with Crippen LogP contribution in [-0.2, 0) is 0 Å². The number of fused-ring (bicyclic) bond motifs is 1. The molecule has 1 aliphatic rings. The highest BCUT2D eigenvalue weighted by atomic mass is 16.1. The molecule has 0 aromatic carbocycles. The molecule has 0 saturated heterocycles. The lowest BCUT2D eigenvalue weighted by molar-refractivity contribution is 0.0935. The summed E-state index contributed by atoms with van der Waals surface area (Å²) in [6, 6.07) is 6.32. The Hall–Kier alpha value is -1.88. The number of imidazole rings is 1. The molecule has 142 valence electrons. The smallest absolute Gasteiger partial charge is 0.272 e. The van der Waals surface area contributed by atoms with Crippen LogP contribution in [0.3, 0.4) is 0 Å². The van der Waals surface area contributed by atoms with Gasteiger partial charge in [-0.2, -0.15) is 0 Å². The van der Waals surface area contributed by atoms with Crippen LogP contribution in [0.15, 0.2) is 24.4 Å². The monoisotopic (exact) mass is 356 g/mol. The summed E-state index contributed by atoms with van der Waals surface area (Å²) in [5.74, 6) is 1.46. The summed E-state index contributed by atoms with van der Waals surface area (Å²) in [5, 5.41) is 3.10. The van der Waals surface area contributed by atoms with E-state index in [0.717, 1.165) is 24.4 Å². The Morgan fingerprint density at radius 3 is 2.69 bits per heavy atom. The fourth-order valence-corrected chi connectivity index (χ4v) is 4.18. The lowest BCUT2D eigenvalue weighted by Crippen LogP contribution is -2.42. The van der Waals surface area contributed by atoms with Crippen LogP contribution in [0.25, 0.3) is 5.52 Å². The van der Waals surface area contributed by atoms with Gasteiger partial charge in [-0.15, -0.1) is 0 Å². The maximum atomic E-state index is 12.9. The van der Waals surface area contributed by atoms with E-state index in [1.807, 2.05) is 24.4 Å². The molecular weight excluding hydrogens is 324 g/mol. The highest BCUT2D eigenvalue weighted by Gasteiger charge is 2.24. The Morgan fingerprint density at radius 2 is 2.00 bits per heavy atom. The molecule has 2 aromatic heterocycles. The molecule has 5 heteroatoms. The van der Waals surface area contributed by atoms with E-state index in [9.17, 15) is 4.79 Å². The second-order valence-corrected chi connectivity index (χ2v) is 7.39. The maximum absolute atomic E-state index is 12.9. The third-order valence-corrected chi connectivity index (χ3v) is 5.75. The number of likely N-dealkylation sites (N-methyl/N-ethyl adjacent to an activating group) is 1. The number of nitrogens with zero attached hydrogens (tertiary/aromatic N) is 3. The number of carbonyl (C=O) groups excluding carboxylic acids is 1. The van der Waals surface area contributed by atoms with E-state index in [0.29, 0.717) is 24.2 Å². The standard InChI is InChI=1S/C21H32N4O/c1-4-24(5-2)16(3)15-22-21(26)19-18-13-9-10-14-25(18)20(23-19)17-11-7-6-8-12-17/h9-10,13-14,16-17H,4-8,11-12,15H2,1-3H3,(H,22,26). The molecule has 1 N–H and O–H groups in total. The molecule has 1 saturated carbocycles. The molecule has 2 heterocycles. The van der Waals surface area contributed by atoms with Gasteiger partial charge in [0, 0.05) is 24.7 Å². The van der Waals surface area contributed by atoms with Gasteiger partial charge in [-0.25, -0.2) is 4.98 Å². The number of nitrogens with one attached hydrogen (secondary N) is 1. The van der Waals surface area contributed by atoms with Crippen molar-refractivity contribution in [1.82, 2.24) is 19.6 Å². The highest BCUT2D eigenvalue weighted by Crippen LogP contribution is 2.33. The Labute approximate surface area is 156 Å². The minimum atomic E-state index is -0.0604. The second kappa shape index (κ2) is 8.67. The molecule has 1 unspecified atom stereocenters.